The topological polar surface area (TPSA) is 99.4 Å². The van der Waals surface area contributed by atoms with Crippen LogP contribution in [0.25, 0.3) is 10.4 Å². The first-order valence-electron chi connectivity index (χ1n) is 4.63. The molecule has 0 atom stereocenters. The van der Waals surface area contributed by atoms with E-state index in [9.17, 15) is 4.79 Å². The fourth-order valence-electron chi connectivity index (χ4n) is 1.27. The van der Waals surface area contributed by atoms with Crippen molar-refractivity contribution in [1.82, 2.24) is 14.8 Å². The van der Waals surface area contributed by atoms with Crippen molar-refractivity contribution < 1.29 is 0 Å². The lowest BCUT2D eigenvalue weighted by Gasteiger charge is -2.00. The molecule has 7 nitrogen and oxygen atoms in total. The number of thioether (sulfide) groups is 1. The van der Waals surface area contributed by atoms with Gasteiger partial charge in [-0.1, -0.05) is 16.9 Å². The third-order valence-corrected chi connectivity index (χ3v) is 3.00. The summed E-state index contributed by atoms with van der Waals surface area (Å²) in [5.74, 6) is 0.640. The third kappa shape index (κ3) is 2.34. The van der Waals surface area contributed by atoms with Gasteiger partial charge < -0.3 is 0 Å². The van der Waals surface area contributed by atoms with Crippen LogP contribution in [0.1, 0.15) is 18.9 Å². The van der Waals surface area contributed by atoms with Gasteiger partial charge in [0.15, 0.2) is 5.16 Å². The van der Waals surface area contributed by atoms with E-state index in [4.69, 9.17) is 5.53 Å². The van der Waals surface area contributed by atoms with Gasteiger partial charge in [0.05, 0.1) is 0 Å². The lowest BCUT2D eigenvalue weighted by Crippen LogP contribution is -2.16. The molecule has 1 aliphatic rings. The minimum atomic E-state index is -0.149. The summed E-state index contributed by atoms with van der Waals surface area (Å²) in [6.07, 6.45) is 2.09. The van der Waals surface area contributed by atoms with E-state index in [0.717, 1.165) is 12.8 Å². The highest BCUT2D eigenvalue weighted by atomic mass is 32.2. The molecule has 0 amide bonds. The van der Waals surface area contributed by atoms with E-state index in [1.165, 1.54) is 11.8 Å². The van der Waals surface area contributed by atoms with Crippen LogP contribution in [-0.4, -0.2) is 27.1 Å². The van der Waals surface area contributed by atoms with Gasteiger partial charge in [-0.25, -0.2) is 9.89 Å². The molecule has 0 unspecified atom stereocenters. The molecular formula is C7H10N6OS. The van der Waals surface area contributed by atoms with Gasteiger partial charge in [0.25, 0.3) is 0 Å². The van der Waals surface area contributed by atoms with E-state index in [0.29, 0.717) is 23.5 Å². The summed E-state index contributed by atoms with van der Waals surface area (Å²) in [5.41, 5.74) is 7.94. The molecule has 0 saturated heterocycles. The average Bonchev–Trinajstić information content (AvgIpc) is 2.99. The highest BCUT2D eigenvalue weighted by Gasteiger charge is 2.28. The number of aromatic amines is 1. The normalized spacial score (nSPS) is 14.9. The molecule has 1 heterocycles. The van der Waals surface area contributed by atoms with Crippen LogP contribution in [0.5, 0.6) is 0 Å². The highest BCUT2D eigenvalue weighted by Crippen LogP contribution is 2.35. The number of H-pyrrole nitrogens is 1. The second-order valence-corrected chi connectivity index (χ2v) is 4.28. The fourth-order valence-corrected chi connectivity index (χ4v) is 2.11. The highest BCUT2D eigenvalue weighted by molar-refractivity contribution is 7.99. The lowest BCUT2D eigenvalue weighted by molar-refractivity contribution is 0.642. The van der Waals surface area contributed by atoms with Crippen molar-refractivity contribution in [3.8, 4) is 0 Å². The Bertz CT molecular complexity index is 441. The fraction of sp³-hybridized carbons (Fsp3) is 0.714. The maximum absolute atomic E-state index is 11.4. The zero-order valence-electron chi connectivity index (χ0n) is 7.96. The minimum absolute atomic E-state index is 0.149. The summed E-state index contributed by atoms with van der Waals surface area (Å²) >= 11 is 1.43. The number of rotatable bonds is 5. The first-order chi connectivity index (χ1) is 7.33. The number of azide groups is 1. The maximum Gasteiger partial charge on any atom is 0.344 e. The van der Waals surface area contributed by atoms with Crippen LogP contribution in [-0.2, 0) is 0 Å². The SMILES string of the molecule is [N-]=[N+]=NCCSc1n[nH]c(=O)n1C1CC1. The van der Waals surface area contributed by atoms with Crippen LogP contribution in [0.2, 0.25) is 0 Å². The van der Waals surface area contributed by atoms with Crippen molar-refractivity contribution in [2.75, 3.05) is 12.3 Å². The standard InChI is InChI=1S/C7H10N6OS/c8-12-9-3-4-15-7-11-10-6(14)13(7)5-1-2-5/h5H,1-4H2,(H,10,14). The number of hydrogen-bond donors (Lipinski definition) is 1. The molecule has 0 aliphatic heterocycles. The molecule has 0 aromatic carbocycles. The molecule has 15 heavy (non-hydrogen) atoms. The van der Waals surface area contributed by atoms with Crippen molar-refractivity contribution in [2.45, 2.75) is 24.0 Å². The smallest absolute Gasteiger partial charge is 0.267 e. The molecule has 2 rings (SSSR count). The Hall–Kier alpha value is -1.40. The van der Waals surface area contributed by atoms with Crippen LogP contribution in [0.15, 0.2) is 15.1 Å². The number of aromatic nitrogens is 3. The van der Waals surface area contributed by atoms with Crippen molar-refractivity contribution in [1.29, 1.82) is 0 Å². The van der Waals surface area contributed by atoms with Gasteiger partial charge in [-0.15, -0.1) is 5.10 Å². The molecule has 0 radical (unpaired) electrons. The molecule has 0 spiro atoms. The van der Waals surface area contributed by atoms with E-state index in [1.54, 1.807) is 4.57 Å². The molecule has 1 saturated carbocycles. The first kappa shape index (κ1) is 10.1. The van der Waals surface area contributed by atoms with Gasteiger partial charge in [0.2, 0.25) is 0 Å². The predicted molar refractivity (Wildman–Crippen MR) is 55.9 cm³/mol. The molecule has 1 fully saturated rings. The molecule has 8 heteroatoms. The second kappa shape index (κ2) is 4.41. The van der Waals surface area contributed by atoms with Crippen molar-refractivity contribution in [2.24, 2.45) is 5.11 Å². The van der Waals surface area contributed by atoms with E-state index in [1.807, 2.05) is 0 Å². The Labute approximate surface area is 89.5 Å². The van der Waals surface area contributed by atoms with Crippen molar-refractivity contribution >= 4 is 11.8 Å². The van der Waals surface area contributed by atoms with Crippen LogP contribution >= 0.6 is 11.8 Å². The quantitative estimate of drug-likeness (QED) is 0.269. The van der Waals surface area contributed by atoms with Crippen LogP contribution in [0.3, 0.4) is 0 Å². The Morgan fingerprint density at radius 3 is 3.20 bits per heavy atom. The van der Waals surface area contributed by atoms with Gasteiger partial charge in [-0.05, 0) is 18.4 Å². The average molecular weight is 226 g/mol. The Kier molecular flexibility index (Phi) is 2.98. The van der Waals surface area contributed by atoms with Crippen LogP contribution in [0, 0.1) is 0 Å². The molecule has 0 bridgehead atoms. The lowest BCUT2D eigenvalue weighted by atomic mass is 10.7. The van der Waals surface area contributed by atoms with Gasteiger partial charge in [0, 0.05) is 23.3 Å². The molecular weight excluding hydrogens is 216 g/mol. The first-order valence-corrected chi connectivity index (χ1v) is 5.62. The Balaban J connectivity index is 2.01. The van der Waals surface area contributed by atoms with Crippen LogP contribution < -0.4 is 5.69 Å². The van der Waals surface area contributed by atoms with E-state index in [2.05, 4.69) is 20.2 Å². The van der Waals surface area contributed by atoms with Gasteiger partial charge >= 0.3 is 5.69 Å². The molecule has 1 aliphatic carbocycles. The van der Waals surface area contributed by atoms with Crippen molar-refractivity contribution in [3.63, 3.8) is 0 Å². The number of hydrogen-bond acceptors (Lipinski definition) is 4. The summed E-state index contributed by atoms with van der Waals surface area (Å²) in [7, 11) is 0. The Morgan fingerprint density at radius 1 is 1.73 bits per heavy atom. The number of nitrogens with zero attached hydrogens (tertiary/aromatic N) is 5. The van der Waals surface area contributed by atoms with Gasteiger partial charge in [0.1, 0.15) is 0 Å². The Morgan fingerprint density at radius 2 is 2.53 bits per heavy atom. The zero-order chi connectivity index (χ0) is 10.7. The van der Waals surface area contributed by atoms with Crippen LogP contribution in [0.4, 0.5) is 0 Å². The van der Waals surface area contributed by atoms with E-state index in [-0.39, 0.29) is 5.69 Å². The minimum Gasteiger partial charge on any atom is -0.267 e. The zero-order valence-corrected chi connectivity index (χ0v) is 8.77. The summed E-state index contributed by atoms with van der Waals surface area (Å²) in [6.45, 7) is 0.410. The maximum atomic E-state index is 11.4. The third-order valence-electron chi connectivity index (χ3n) is 2.07. The van der Waals surface area contributed by atoms with E-state index < -0.39 is 0 Å². The van der Waals surface area contributed by atoms with Crippen molar-refractivity contribution in [3.05, 3.63) is 20.9 Å². The van der Waals surface area contributed by atoms with Gasteiger partial charge in [-0.2, -0.15) is 0 Å². The summed E-state index contributed by atoms with van der Waals surface area (Å²) < 4.78 is 1.68. The van der Waals surface area contributed by atoms with Gasteiger partial charge in [-0.3, -0.25) is 4.57 Å². The largest absolute Gasteiger partial charge is 0.344 e. The monoisotopic (exact) mass is 226 g/mol. The van der Waals surface area contributed by atoms with E-state index >= 15 is 0 Å². The molecule has 1 aromatic rings. The summed E-state index contributed by atoms with van der Waals surface area (Å²) in [4.78, 5) is 14.0. The summed E-state index contributed by atoms with van der Waals surface area (Å²) in [6, 6.07) is 0.318. The summed E-state index contributed by atoms with van der Waals surface area (Å²) in [5, 5.41) is 10.5. The molecule has 1 N–H and O–H groups in total. The predicted octanol–water partition coefficient (Wildman–Crippen LogP) is 1.31. The number of nitrogens with one attached hydrogen (secondary N) is 1. The molecule has 1 aromatic heterocycles. The second-order valence-electron chi connectivity index (χ2n) is 3.22. The molecule has 80 valence electrons.